The summed E-state index contributed by atoms with van der Waals surface area (Å²) in [7, 11) is 0. The third-order valence-electron chi connectivity index (χ3n) is 3.58. The molecular formula is C16H16N2O3. The Balaban J connectivity index is 1.73. The second-order valence-electron chi connectivity index (χ2n) is 5.11. The van der Waals surface area contributed by atoms with Gasteiger partial charge in [-0.25, -0.2) is 0 Å². The van der Waals surface area contributed by atoms with Crippen LogP contribution in [-0.4, -0.2) is 28.7 Å². The van der Waals surface area contributed by atoms with Crippen LogP contribution in [0.25, 0.3) is 0 Å². The second-order valence-corrected chi connectivity index (χ2v) is 5.11. The first-order valence-corrected chi connectivity index (χ1v) is 6.78. The van der Waals surface area contributed by atoms with Gasteiger partial charge in [0.1, 0.15) is 11.5 Å². The minimum absolute atomic E-state index is 0.0509. The standard InChI is InChI=1S/C16H16N2O3/c19-12-5-6-15(20)13(8-12)16(21)18-11-7-10-3-1-2-4-14(10)17-9-11/h1-6,8,11,17,19-20H,7,9H2,(H,18,21). The number of carbonyl (C=O) groups excluding carboxylic acids is 1. The maximum Gasteiger partial charge on any atom is 0.255 e. The van der Waals surface area contributed by atoms with Crippen LogP contribution in [0.15, 0.2) is 42.5 Å². The zero-order valence-corrected chi connectivity index (χ0v) is 11.3. The molecule has 0 aromatic heterocycles. The van der Waals surface area contributed by atoms with Crippen LogP contribution < -0.4 is 10.6 Å². The van der Waals surface area contributed by atoms with Crippen LogP contribution in [0.4, 0.5) is 5.69 Å². The number of aromatic hydroxyl groups is 2. The van der Waals surface area contributed by atoms with Crippen molar-refractivity contribution in [3.05, 3.63) is 53.6 Å². The lowest BCUT2D eigenvalue weighted by molar-refractivity contribution is 0.0935. The quantitative estimate of drug-likeness (QED) is 0.635. The molecule has 2 aromatic carbocycles. The fraction of sp³-hybridized carbons (Fsp3) is 0.188. The summed E-state index contributed by atoms with van der Waals surface area (Å²) < 4.78 is 0. The van der Waals surface area contributed by atoms with Gasteiger partial charge in [-0.1, -0.05) is 18.2 Å². The highest BCUT2D eigenvalue weighted by molar-refractivity contribution is 5.97. The van der Waals surface area contributed by atoms with Gasteiger partial charge in [0, 0.05) is 12.2 Å². The molecule has 5 heteroatoms. The van der Waals surface area contributed by atoms with E-state index in [0.717, 1.165) is 17.7 Å². The van der Waals surface area contributed by atoms with Crippen LogP contribution in [-0.2, 0) is 6.42 Å². The molecule has 1 unspecified atom stereocenters. The minimum Gasteiger partial charge on any atom is -0.508 e. The van der Waals surface area contributed by atoms with Gasteiger partial charge in [-0.05, 0) is 36.2 Å². The number of para-hydroxylation sites is 1. The van der Waals surface area contributed by atoms with Crippen molar-refractivity contribution in [2.45, 2.75) is 12.5 Å². The van der Waals surface area contributed by atoms with Crippen molar-refractivity contribution in [3.8, 4) is 11.5 Å². The molecule has 1 aliphatic heterocycles. The van der Waals surface area contributed by atoms with Crippen molar-refractivity contribution >= 4 is 11.6 Å². The molecule has 0 fully saturated rings. The summed E-state index contributed by atoms with van der Waals surface area (Å²) in [5.41, 5.74) is 2.31. The van der Waals surface area contributed by atoms with Crippen LogP contribution in [0.1, 0.15) is 15.9 Å². The van der Waals surface area contributed by atoms with Crippen LogP contribution in [0.5, 0.6) is 11.5 Å². The summed E-state index contributed by atoms with van der Waals surface area (Å²) in [6.07, 6.45) is 0.731. The average Bonchev–Trinajstić information content (AvgIpc) is 2.49. The van der Waals surface area contributed by atoms with Gasteiger partial charge in [0.2, 0.25) is 0 Å². The van der Waals surface area contributed by atoms with E-state index in [2.05, 4.69) is 10.6 Å². The monoisotopic (exact) mass is 284 g/mol. The summed E-state index contributed by atoms with van der Waals surface area (Å²) in [5, 5.41) is 25.3. The van der Waals surface area contributed by atoms with Crippen molar-refractivity contribution in [1.29, 1.82) is 0 Å². The normalized spacial score (nSPS) is 16.7. The molecule has 2 aromatic rings. The Morgan fingerprint density at radius 1 is 1.19 bits per heavy atom. The third kappa shape index (κ3) is 2.76. The molecule has 0 spiro atoms. The van der Waals surface area contributed by atoms with Crippen molar-refractivity contribution in [1.82, 2.24) is 5.32 Å². The molecular weight excluding hydrogens is 268 g/mol. The number of hydrogen-bond acceptors (Lipinski definition) is 4. The largest absolute Gasteiger partial charge is 0.508 e. The Kier molecular flexibility index (Phi) is 3.39. The number of rotatable bonds is 2. The van der Waals surface area contributed by atoms with Crippen molar-refractivity contribution < 1.29 is 15.0 Å². The molecule has 1 amide bonds. The van der Waals surface area contributed by atoms with Crippen LogP contribution in [0.2, 0.25) is 0 Å². The molecule has 0 aliphatic carbocycles. The Morgan fingerprint density at radius 2 is 2.00 bits per heavy atom. The maximum atomic E-state index is 12.2. The first-order valence-electron chi connectivity index (χ1n) is 6.78. The highest BCUT2D eigenvalue weighted by atomic mass is 16.3. The lowest BCUT2D eigenvalue weighted by Gasteiger charge is -2.27. The molecule has 3 rings (SSSR count). The minimum atomic E-state index is -0.394. The van der Waals surface area contributed by atoms with E-state index < -0.39 is 5.91 Å². The number of nitrogens with one attached hydrogen (secondary N) is 2. The van der Waals surface area contributed by atoms with Gasteiger partial charge in [-0.3, -0.25) is 4.79 Å². The first-order chi connectivity index (χ1) is 10.1. The van der Waals surface area contributed by atoms with Gasteiger partial charge in [-0.15, -0.1) is 0 Å². The number of carbonyl (C=O) groups is 1. The van der Waals surface area contributed by atoms with E-state index in [4.69, 9.17) is 0 Å². The maximum absolute atomic E-state index is 12.2. The lowest BCUT2D eigenvalue weighted by Crippen LogP contribution is -2.43. The zero-order valence-electron chi connectivity index (χ0n) is 11.3. The number of amides is 1. The van der Waals surface area contributed by atoms with Gasteiger partial charge < -0.3 is 20.8 Å². The van der Waals surface area contributed by atoms with E-state index in [9.17, 15) is 15.0 Å². The average molecular weight is 284 g/mol. The summed E-state index contributed by atoms with van der Waals surface area (Å²) in [4.78, 5) is 12.2. The van der Waals surface area contributed by atoms with Gasteiger partial charge in [0.15, 0.2) is 0 Å². The van der Waals surface area contributed by atoms with Crippen molar-refractivity contribution in [2.75, 3.05) is 11.9 Å². The zero-order chi connectivity index (χ0) is 14.8. The number of hydrogen-bond donors (Lipinski definition) is 4. The van der Waals surface area contributed by atoms with Crippen LogP contribution in [0, 0.1) is 0 Å². The molecule has 4 N–H and O–H groups in total. The van der Waals surface area contributed by atoms with E-state index in [1.54, 1.807) is 0 Å². The lowest BCUT2D eigenvalue weighted by atomic mass is 9.99. The molecule has 1 heterocycles. The van der Waals surface area contributed by atoms with Gasteiger partial charge in [-0.2, -0.15) is 0 Å². The van der Waals surface area contributed by atoms with Gasteiger partial charge in [0.25, 0.3) is 5.91 Å². The van der Waals surface area contributed by atoms with Gasteiger partial charge >= 0.3 is 0 Å². The highest BCUT2D eigenvalue weighted by Crippen LogP contribution is 2.24. The predicted molar refractivity (Wildman–Crippen MR) is 79.7 cm³/mol. The summed E-state index contributed by atoms with van der Waals surface area (Å²) >= 11 is 0. The van der Waals surface area contributed by atoms with Gasteiger partial charge in [0.05, 0.1) is 11.6 Å². The number of phenolic OH excluding ortho intramolecular Hbond substituents is 2. The Labute approximate surface area is 122 Å². The van der Waals surface area contributed by atoms with E-state index in [0.29, 0.717) is 6.54 Å². The summed E-state index contributed by atoms with van der Waals surface area (Å²) in [6, 6.07) is 11.8. The number of phenols is 2. The molecule has 108 valence electrons. The number of benzene rings is 2. The van der Waals surface area contributed by atoms with Crippen LogP contribution in [0.3, 0.4) is 0 Å². The summed E-state index contributed by atoms with van der Waals surface area (Å²) in [6.45, 7) is 0.627. The Bertz CT molecular complexity index is 685. The highest BCUT2D eigenvalue weighted by Gasteiger charge is 2.21. The molecule has 5 nitrogen and oxygen atoms in total. The van der Waals surface area contributed by atoms with E-state index in [-0.39, 0.29) is 23.1 Å². The van der Waals surface area contributed by atoms with Crippen molar-refractivity contribution in [3.63, 3.8) is 0 Å². The van der Waals surface area contributed by atoms with E-state index in [1.165, 1.54) is 18.2 Å². The second kappa shape index (κ2) is 5.36. The molecule has 0 bridgehead atoms. The number of fused-ring (bicyclic) bond motifs is 1. The smallest absolute Gasteiger partial charge is 0.255 e. The SMILES string of the molecule is O=C(NC1CNc2ccccc2C1)c1cc(O)ccc1O. The fourth-order valence-electron chi connectivity index (χ4n) is 2.51. The predicted octanol–water partition coefficient (Wildman–Crippen LogP) is 1.86. The first kappa shape index (κ1) is 13.3. The molecule has 0 saturated heterocycles. The van der Waals surface area contributed by atoms with Crippen LogP contribution >= 0.6 is 0 Å². The topological polar surface area (TPSA) is 81.6 Å². The molecule has 0 saturated carbocycles. The van der Waals surface area contributed by atoms with Crippen molar-refractivity contribution in [2.24, 2.45) is 0 Å². The summed E-state index contributed by atoms with van der Waals surface area (Å²) in [5.74, 6) is -0.589. The number of anilines is 1. The Hall–Kier alpha value is -2.69. The fourth-order valence-corrected chi connectivity index (χ4v) is 2.51. The molecule has 21 heavy (non-hydrogen) atoms. The Morgan fingerprint density at radius 3 is 2.86 bits per heavy atom. The third-order valence-corrected chi connectivity index (χ3v) is 3.58. The molecule has 0 radical (unpaired) electrons. The molecule has 1 atom stereocenters. The van der Waals surface area contributed by atoms with E-state index in [1.807, 2.05) is 24.3 Å². The molecule has 1 aliphatic rings. The van der Waals surface area contributed by atoms with E-state index >= 15 is 0 Å².